The van der Waals surface area contributed by atoms with Gasteiger partial charge in [0.1, 0.15) is 11.5 Å². The summed E-state index contributed by atoms with van der Waals surface area (Å²) in [7, 11) is 1.82. The van der Waals surface area contributed by atoms with Gasteiger partial charge >= 0.3 is 0 Å². The third-order valence-electron chi connectivity index (χ3n) is 4.00. The maximum Gasteiger partial charge on any atom is 0.274 e. The normalized spacial score (nSPS) is 11.0. The zero-order valence-corrected chi connectivity index (χ0v) is 14.9. The number of imidazole rings is 1. The predicted octanol–water partition coefficient (Wildman–Crippen LogP) is 3.07. The standard InChI is InChI=1S/C19H20FN5O/c1-13(2)25(19(26)17-11-24(3)12-23-17)10-14-5-6-16(20)15(9-14)18-21-7-4-8-22-18/h4-9,11-13H,10H2,1-3H3. The average Bonchev–Trinajstić information content (AvgIpc) is 3.07. The molecule has 0 fully saturated rings. The Morgan fingerprint density at radius 1 is 1.23 bits per heavy atom. The third-order valence-corrected chi connectivity index (χ3v) is 4.00. The number of nitrogens with zero attached hydrogens (tertiary/aromatic N) is 5. The van der Waals surface area contributed by atoms with Crippen LogP contribution in [0.3, 0.4) is 0 Å². The Labute approximate surface area is 151 Å². The maximum atomic E-state index is 14.2. The zero-order chi connectivity index (χ0) is 18.7. The van der Waals surface area contributed by atoms with Crippen LogP contribution in [0.4, 0.5) is 4.39 Å². The molecule has 0 N–H and O–H groups in total. The van der Waals surface area contributed by atoms with Gasteiger partial charge in [0.15, 0.2) is 5.82 Å². The van der Waals surface area contributed by atoms with E-state index < -0.39 is 5.82 Å². The molecule has 134 valence electrons. The first-order valence-corrected chi connectivity index (χ1v) is 8.30. The van der Waals surface area contributed by atoms with Gasteiger partial charge in [-0.3, -0.25) is 4.79 Å². The maximum absolute atomic E-state index is 14.2. The van der Waals surface area contributed by atoms with Crippen LogP contribution in [-0.2, 0) is 13.6 Å². The van der Waals surface area contributed by atoms with Crippen LogP contribution in [0.15, 0.2) is 49.2 Å². The van der Waals surface area contributed by atoms with Crippen LogP contribution < -0.4 is 0 Å². The summed E-state index contributed by atoms with van der Waals surface area (Å²) in [5.74, 6) is -0.242. The second-order valence-electron chi connectivity index (χ2n) is 6.34. The molecular formula is C19H20FN5O. The Bertz CT molecular complexity index is 907. The van der Waals surface area contributed by atoms with Gasteiger partial charge < -0.3 is 9.47 Å². The second kappa shape index (κ2) is 7.43. The van der Waals surface area contributed by atoms with E-state index in [4.69, 9.17) is 0 Å². The largest absolute Gasteiger partial charge is 0.340 e. The predicted molar refractivity (Wildman–Crippen MR) is 95.6 cm³/mol. The molecule has 0 aliphatic carbocycles. The molecule has 0 atom stereocenters. The van der Waals surface area contributed by atoms with Crippen molar-refractivity contribution in [2.75, 3.05) is 0 Å². The quantitative estimate of drug-likeness (QED) is 0.707. The van der Waals surface area contributed by atoms with Gasteiger partial charge in [-0.1, -0.05) is 6.07 Å². The summed E-state index contributed by atoms with van der Waals surface area (Å²) in [5, 5.41) is 0. The number of rotatable bonds is 5. The zero-order valence-electron chi connectivity index (χ0n) is 14.9. The number of carbonyl (C=O) groups is 1. The molecule has 3 rings (SSSR count). The molecule has 2 aromatic heterocycles. The molecule has 0 bridgehead atoms. The van der Waals surface area contributed by atoms with Crippen LogP contribution in [0, 0.1) is 5.82 Å². The molecule has 0 saturated carbocycles. The summed E-state index contributed by atoms with van der Waals surface area (Å²) in [6.45, 7) is 4.21. The molecule has 0 aliphatic rings. The van der Waals surface area contributed by atoms with Crippen LogP contribution in [0.5, 0.6) is 0 Å². The van der Waals surface area contributed by atoms with Crippen molar-refractivity contribution in [1.29, 1.82) is 0 Å². The molecule has 26 heavy (non-hydrogen) atoms. The number of carbonyl (C=O) groups excluding carboxylic acids is 1. The van der Waals surface area contributed by atoms with E-state index in [2.05, 4.69) is 15.0 Å². The molecule has 6 nitrogen and oxygen atoms in total. The Morgan fingerprint density at radius 2 is 1.96 bits per heavy atom. The Kier molecular flexibility index (Phi) is 5.06. The molecule has 2 heterocycles. The minimum absolute atomic E-state index is 0.0361. The lowest BCUT2D eigenvalue weighted by molar-refractivity contribution is 0.0684. The van der Waals surface area contributed by atoms with Crippen molar-refractivity contribution in [1.82, 2.24) is 24.4 Å². The van der Waals surface area contributed by atoms with E-state index in [0.717, 1.165) is 5.56 Å². The van der Waals surface area contributed by atoms with E-state index in [0.29, 0.717) is 23.6 Å². The monoisotopic (exact) mass is 353 g/mol. The summed E-state index contributed by atoms with van der Waals surface area (Å²) >= 11 is 0. The SMILES string of the molecule is CC(C)N(Cc1ccc(F)c(-c2ncccn2)c1)C(=O)c1cn(C)cn1. The highest BCUT2D eigenvalue weighted by atomic mass is 19.1. The van der Waals surface area contributed by atoms with Crippen molar-refractivity contribution < 1.29 is 9.18 Å². The fourth-order valence-corrected chi connectivity index (χ4v) is 2.64. The minimum Gasteiger partial charge on any atom is -0.340 e. The lowest BCUT2D eigenvalue weighted by Gasteiger charge is -2.26. The van der Waals surface area contributed by atoms with E-state index in [1.54, 1.807) is 52.6 Å². The molecule has 3 aromatic rings. The molecular weight excluding hydrogens is 333 g/mol. The summed E-state index contributed by atoms with van der Waals surface area (Å²) in [4.78, 5) is 26.8. The Hall–Kier alpha value is -3.09. The number of hydrogen-bond donors (Lipinski definition) is 0. The molecule has 0 radical (unpaired) electrons. The van der Waals surface area contributed by atoms with Crippen LogP contribution in [0.2, 0.25) is 0 Å². The molecule has 1 amide bonds. The van der Waals surface area contributed by atoms with Gasteiger partial charge in [-0.05, 0) is 37.6 Å². The lowest BCUT2D eigenvalue weighted by Crippen LogP contribution is -2.36. The van der Waals surface area contributed by atoms with E-state index in [1.807, 2.05) is 20.9 Å². The highest BCUT2D eigenvalue weighted by molar-refractivity contribution is 5.92. The molecule has 7 heteroatoms. The fourth-order valence-electron chi connectivity index (χ4n) is 2.64. The van der Waals surface area contributed by atoms with Gasteiger partial charge in [0.05, 0.1) is 11.9 Å². The van der Waals surface area contributed by atoms with Crippen molar-refractivity contribution >= 4 is 5.91 Å². The van der Waals surface area contributed by atoms with Crippen LogP contribution >= 0.6 is 0 Å². The first kappa shape index (κ1) is 17.7. The van der Waals surface area contributed by atoms with Gasteiger partial charge in [-0.2, -0.15) is 0 Å². The summed E-state index contributed by atoms with van der Waals surface area (Å²) in [5.41, 5.74) is 1.50. The average molecular weight is 353 g/mol. The highest BCUT2D eigenvalue weighted by Gasteiger charge is 2.21. The van der Waals surface area contributed by atoms with Crippen molar-refractivity contribution in [2.24, 2.45) is 7.05 Å². The van der Waals surface area contributed by atoms with Crippen LogP contribution in [-0.4, -0.2) is 36.4 Å². The summed E-state index contributed by atoms with van der Waals surface area (Å²) in [6, 6.07) is 6.38. The van der Waals surface area contributed by atoms with E-state index in [1.165, 1.54) is 6.07 Å². The number of amides is 1. The number of halogens is 1. The van der Waals surface area contributed by atoms with Crippen molar-refractivity contribution in [2.45, 2.75) is 26.4 Å². The lowest BCUT2D eigenvalue weighted by atomic mass is 10.1. The van der Waals surface area contributed by atoms with Crippen molar-refractivity contribution in [3.8, 4) is 11.4 Å². The van der Waals surface area contributed by atoms with Crippen molar-refractivity contribution in [3.63, 3.8) is 0 Å². The molecule has 0 unspecified atom stereocenters. The summed E-state index contributed by atoms with van der Waals surface area (Å²) < 4.78 is 15.9. The molecule has 0 aliphatic heterocycles. The van der Waals surface area contributed by atoms with Gasteiger partial charge in [0, 0.05) is 38.2 Å². The number of hydrogen-bond acceptors (Lipinski definition) is 4. The minimum atomic E-state index is -0.396. The van der Waals surface area contributed by atoms with Crippen LogP contribution in [0.25, 0.3) is 11.4 Å². The Balaban J connectivity index is 1.89. The van der Waals surface area contributed by atoms with E-state index in [-0.39, 0.29) is 11.9 Å². The second-order valence-corrected chi connectivity index (χ2v) is 6.34. The number of aryl methyl sites for hydroxylation is 1. The Morgan fingerprint density at radius 3 is 2.58 bits per heavy atom. The number of aromatic nitrogens is 4. The molecule has 0 spiro atoms. The van der Waals surface area contributed by atoms with Crippen molar-refractivity contribution in [3.05, 3.63) is 66.3 Å². The van der Waals surface area contributed by atoms with E-state index >= 15 is 0 Å². The van der Waals surface area contributed by atoms with Gasteiger partial charge in [0.2, 0.25) is 0 Å². The van der Waals surface area contributed by atoms with Gasteiger partial charge in [-0.15, -0.1) is 0 Å². The first-order chi connectivity index (χ1) is 12.5. The van der Waals surface area contributed by atoms with Gasteiger partial charge in [0.25, 0.3) is 5.91 Å². The third kappa shape index (κ3) is 3.77. The first-order valence-electron chi connectivity index (χ1n) is 8.30. The summed E-state index contributed by atoms with van der Waals surface area (Å²) in [6.07, 6.45) is 6.42. The topological polar surface area (TPSA) is 63.9 Å². The number of benzene rings is 1. The molecule has 0 saturated heterocycles. The van der Waals surface area contributed by atoms with Gasteiger partial charge in [-0.25, -0.2) is 19.3 Å². The molecule has 1 aromatic carbocycles. The van der Waals surface area contributed by atoms with E-state index in [9.17, 15) is 9.18 Å². The van der Waals surface area contributed by atoms with Crippen LogP contribution in [0.1, 0.15) is 29.9 Å². The highest BCUT2D eigenvalue weighted by Crippen LogP contribution is 2.22. The fraction of sp³-hybridized carbons (Fsp3) is 0.263. The smallest absolute Gasteiger partial charge is 0.274 e.